The number of benzene rings is 2. The molecule has 2 aromatic rings. The molecule has 0 fully saturated rings. The van der Waals surface area contributed by atoms with E-state index in [4.69, 9.17) is 26.4 Å². The molecule has 2 N–H and O–H groups in total. The minimum atomic E-state index is 0.268. The SMILES string of the molecule is CCOc1ccccc1/C=N\NC(=S)NCc1ccc2c(c1)OCO2. The summed E-state index contributed by atoms with van der Waals surface area (Å²) >= 11 is 5.23. The predicted octanol–water partition coefficient (Wildman–Crippen LogP) is 2.81. The van der Waals surface area contributed by atoms with E-state index in [1.54, 1.807) is 6.21 Å². The second-order valence-corrected chi connectivity index (χ2v) is 5.62. The molecule has 1 heterocycles. The molecule has 1 aliphatic rings. The van der Waals surface area contributed by atoms with E-state index in [-0.39, 0.29) is 6.79 Å². The standard InChI is InChI=1S/C18H19N3O3S/c1-2-22-15-6-4-3-5-14(15)11-20-21-18(25)19-10-13-7-8-16-17(9-13)24-12-23-16/h3-9,11H,2,10,12H2,1H3,(H2,19,21,25)/b20-11-. The summed E-state index contributed by atoms with van der Waals surface area (Å²) in [6.45, 7) is 3.38. The van der Waals surface area contributed by atoms with Gasteiger partial charge in [-0.15, -0.1) is 0 Å². The average Bonchev–Trinajstić information content (AvgIpc) is 3.09. The van der Waals surface area contributed by atoms with Crippen LogP contribution in [0.25, 0.3) is 0 Å². The first-order chi connectivity index (χ1) is 12.3. The molecule has 0 bridgehead atoms. The Labute approximate surface area is 151 Å². The van der Waals surface area contributed by atoms with Crippen LogP contribution in [0.3, 0.4) is 0 Å². The number of ether oxygens (including phenoxy) is 3. The number of para-hydroxylation sites is 1. The van der Waals surface area contributed by atoms with E-state index in [0.29, 0.717) is 18.3 Å². The zero-order valence-corrected chi connectivity index (χ0v) is 14.6. The highest BCUT2D eigenvalue weighted by Gasteiger charge is 2.12. The summed E-state index contributed by atoms with van der Waals surface area (Å²) in [6, 6.07) is 13.5. The number of hydrazone groups is 1. The Hall–Kier alpha value is -2.80. The zero-order chi connectivity index (χ0) is 17.5. The molecule has 25 heavy (non-hydrogen) atoms. The lowest BCUT2D eigenvalue weighted by molar-refractivity contribution is 0.174. The monoisotopic (exact) mass is 357 g/mol. The molecule has 2 aromatic carbocycles. The number of rotatable bonds is 6. The molecule has 7 heteroatoms. The van der Waals surface area contributed by atoms with Crippen molar-refractivity contribution < 1.29 is 14.2 Å². The van der Waals surface area contributed by atoms with Crippen LogP contribution in [-0.4, -0.2) is 24.7 Å². The lowest BCUT2D eigenvalue weighted by atomic mass is 10.2. The van der Waals surface area contributed by atoms with Gasteiger partial charge in [-0.25, -0.2) is 0 Å². The van der Waals surface area contributed by atoms with E-state index >= 15 is 0 Å². The highest BCUT2D eigenvalue weighted by molar-refractivity contribution is 7.80. The normalized spacial score (nSPS) is 12.2. The molecular weight excluding hydrogens is 338 g/mol. The average molecular weight is 357 g/mol. The Balaban J connectivity index is 1.50. The molecule has 0 unspecified atom stereocenters. The molecule has 0 aliphatic carbocycles. The van der Waals surface area contributed by atoms with E-state index in [0.717, 1.165) is 28.4 Å². The fourth-order valence-electron chi connectivity index (χ4n) is 2.31. The summed E-state index contributed by atoms with van der Waals surface area (Å²) in [5, 5.41) is 7.68. The van der Waals surface area contributed by atoms with E-state index in [1.165, 1.54) is 0 Å². The van der Waals surface area contributed by atoms with Gasteiger partial charge in [0.2, 0.25) is 6.79 Å². The van der Waals surface area contributed by atoms with Crippen LogP contribution >= 0.6 is 12.2 Å². The maximum Gasteiger partial charge on any atom is 0.231 e. The van der Waals surface area contributed by atoms with Crippen molar-refractivity contribution in [3.05, 3.63) is 53.6 Å². The van der Waals surface area contributed by atoms with Gasteiger partial charge >= 0.3 is 0 Å². The summed E-state index contributed by atoms with van der Waals surface area (Å²) in [4.78, 5) is 0. The lowest BCUT2D eigenvalue weighted by Gasteiger charge is -2.08. The summed E-state index contributed by atoms with van der Waals surface area (Å²) in [5.41, 5.74) is 4.73. The Kier molecular flexibility index (Phi) is 5.69. The van der Waals surface area contributed by atoms with Gasteiger partial charge < -0.3 is 19.5 Å². The Morgan fingerprint density at radius 3 is 2.96 bits per heavy atom. The quantitative estimate of drug-likeness (QED) is 0.471. The minimum absolute atomic E-state index is 0.268. The Morgan fingerprint density at radius 2 is 2.08 bits per heavy atom. The largest absolute Gasteiger partial charge is 0.493 e. The van der Waals surface area contributed by atoms with Gasteiger partial charge in [-0.05, 0) is 49.0 Å². The number of nitrogens with one attached hydrogen (secondary N) is 2. The molecule has 0 spiro atoms. The summed E-state index contributed by atoms with van der Waals surface area (Å²) < 4.78 is 16.2. The molecule has 0 radical (unpaired) electrons. The molecule has 1 aliphatic heterocycles. The highest BCUT2D eigenvalue weighted by atomic mass is 32.1. The van der Waals surface area contributed by atoms with Crippen LogP contribution < -0.4 is 25.0 Å². The number of hydrogen-bond acceptors (Lipinski definition) is 5. The fraction of sp³-hybridized carbons (Fsp3) is 0.222. The van der Waals surface area contributed by atoms with Crippen LogP contribution in [0, 0.1) is 0 Å². The van der Waals surface area contributed by atoms with Crippen LogP contribution in [0.15, 0.2) is 47.6 Å². The zero-order valence-electron chi connectivity index (χ0n) is 13.8. The molecule has 3 rings (SSSR count). The molecule has 0 amide bonds. The van der Waals surface area contributed by atoms with Crippen LogP contribution in [0.5, 0.6) is 17.2 Å². The smallest absolute Gasteiger partial charge is 0.231 e. The Bertz CT molecular complexity index is 780. The van der Waals surface area contributed by atoms with Gasteiger partial charge in [0.1, 0.15) is 5.75 Å². The molecule has 6 nitrogen and oxygen atoms in total. The number of fused-ring (bicyclic) bond motifs is 1. The third-order valence-electron chi connectivity index (χ3n) is 3.48. The first kappa shape index (κ1) is 17.0. The van der Waals surface area contributed by atoms with Gasteiger partial charge in [-0.3, -0.25) is 5.43 Å². The molecule has 130 valence electrons. The fourth-order valence-corrected chi connectivity index (χ4v) is 2.43. The number of hydrogen-bond donors (Lipinski definition) is 2. The van der Waals surface area contributed by atoms with Gasteiger partial charge in [-0.2, -0.15) is 5.10 Å². The minimum Gasteiger partial charge on any atom is -0.493 e. The van der Waals surface area contributed by atoms with E-state index in [9.17, 15) is 0 Å². The maximum absolute atomic E-state index is 5.55. The summed E-state index contributed by atoms with van der Waals surface area (Å²) in [6.07, 6.45) is 1.68. The second kappa shape index (κ2) is 8.34. The molecule has 0 saturated carbocycles. The van der Waals surface area contributed by atoms with Crippen LogP contribution in [0.4, 0.5) is 0 Å². The topological polar surface area (TPSA) is 64.1 Å². The molecular formula is C18H19N3O3S. The van der Waals surface area contributed by atoms with Gasteiger partial charge in [-0.1, -0.05) is 18.2 Å². The first-order valence-corrected chi connectivity index (χ1v) is 8.34. The number of nitrogens with zero attached hydrogens (tertiary/aromatic N) is 1. The van der Waals surface area contributed by atoms with Crippen molar-refractivity contribution in [3.8, 4) is 17.2 Å². The van der Waals surface area contributed by atoms with Gasteiger partial charge in [0.05, 0.1) is 12.8 Å². The summed E-state index contributed by atoms with van der Waals surface area (Å²) in [7, 11) is 0. The number of thiocarbonyl (C=S) groups is 1. The van der Waals surface area contributed by atoms with Crippen molar-refractivity contribution in [2.45, 2.75) is 13.5 Å². The van der Waals surface area contributed by atoms with Crippen LogP contribution in [0.1, 0.15) is 18.1 Å². The van der Waals surface area contributed by atoms with Crippen molar-refractivity contribution >= 4 is 23.5 Å². The van der Waals surface area contributed by atoms with Crippen molar-refractivity contribution in [1.82, 2.24) is 10.7 Å². The maximum atomic E-state index is 5.55. The highest BCUT2D eigenvalue weighted by Crippen LogP contribution is 2.32. The van der Waals surface area contributed by atoms with Crippen molar-refractivity contribution in [2.24, 2.45) is 5.10 Å². The molecule has 0 saturated heterocycles. The van der Waals surface area contributed by atoms with E-state index in [1.807, 2.05) is 49.4 Å². The van der Waals surface area contributed by atoms with Gasteiger partial charge in [0, 0.05) is 12.1 Å². The van der Waals surface area contributed by atoms with Gasteiger partial charge in [0.25, 0.3) is 0 Å². The van der Waals surface area contributed by atoms with Crippen molar-refractivity contribution in [3.63, 3.8) is 0 Å². The van der Waals surface area contributed by atoms with E-state index in [2.05, 4.69) is 15.8 Å². The predicted molar refractivity (Wildman–Crippen MR) is 100 cm³/mol. The third kappa shape index (κ3) is 4.60. The third-order valence-corrected chi connectivity index (χ3v) is 3.71. The summed E-state index contributed by atoms with van der Waals surface area (Å²) in [5.74, 6) is 2.31. The van der Waals surface area contributed by atoms with E-state index < -0.39 is 0 Å². The molecule has 0 atom stereocenters. The second-order valence-electron chi connectivity index (χ2n) is 5.21. The Morgan fingerprint density at radius 1 is 1.24 bits per heavy atom. The van der Waals surface area contributed by atoms with Crippen molar-refractivity contribution in [1.29, 1.82) is 0 Å². The molecule has 0 aromatic heterocycles. The lowest BCUT2D eigenvalue weighted by Crippen LogP contribution is -2.31. The first-order valence-electron chi connectivity index (χ1n) is 7.93. The van der Waals surface area contributed by atoms with Crippen molar-refractivity contribution in [2.75, 3.05) is 13.4 Å². The van der Waals surface area contributed by atoms with Crippen LogP contribution in [-0.2, 0) is 6.54 Å². The van der Waals surface area contributed by atoms with Crippen LogP contribution in [0.2, 0.25) is 0 Å². The van der Waals surface area contributed by atoms with Gasteiger partial charge in [0.15, 0.2) is 16.6 Å².